The van der Waals surface area contributed by atoms with Gasteiger partial charge in [-0.05, 0) is 36.6 Å². The summed E-state index contributed by atoms with van der Waals surface area (Å²) >= 11 is 3.42. The minimum atomic E-state index is -0.355. The van der Waals surface area contributed by atoms with Crippen molar-refractivity contribution >= 4 is 21.9 Å². The van der Waals surface area contributed by atoms with Crippen LogP contribution in [-0.2, 0) is 16.1 Å². The largest absolute Gasteiger partial charge is 0.460 e. The van der Waals surface area contributed by atoms with Gasteiger partial charge < -0.3 is 10.1 Å². The smallest absolute Gasteiger partial charge is 0.314 e. The third-order valence-corrected chi connectivity index (χ3v) is 4.45. The van der Waals surface area contributed by atoms with Crippen molar-refractivity contribution in [3.8, 4) is 0 Å². The topological polar surface area (TPSA) is 38.3 Å². The molecule has 0 bridgehead atoms. The van der Waals surface area contributed by atoms with Gasteiger partial charge in [0.1, 0.15) is 6.61 Å². The third-order valence-electron chi connectivity index (χ3n) is 3.96. The third kappa shape index (κ3) is 3.18. The fourth-order valence-electron chi connectivity index (χ4n) is 2.53. The zero-order chi connectivity index (χ0) is 13.9. The zero-order valence-corrected chi connectivity index (χ0v) is 13.0. The summed E-state index contributed by atoms with van der Waals surface area (Å²) in [4.78, 5) is 12.4. The Kier molecular flexibility index (Phi) is 4.63. The highest BCUT2D eigenvalue weighted by molar-refractivity contribution is 9.10. The molecule has 1 aliphatic rings. The fourth-order valence-corrected chi connectivity index (χ4v) is 2.98. The van der Waals surface area contributed by atoms with Gasteiger partial charge in [-0.3, -0.25) is 4.79 Å². The number of hydrogen-bond acceptors (Lipinski definition) is 3. The molecule has 0 radical (unpaired) electrons. The predicted octanol–water partition coefficient (Wildman–Crippen LogP) is 3.13. The molecule has 1 atom stereocenters. The molecule has 0 saturated carbocycles. The molecule has 0 amide bonds. The number of benzene rings is 1. The maximum absolute atomic E-state index is 12.4. The van der Waals surface area contributed by atoms with Crippen molar-refractivity contribution < 1.29 is 9.53 Å². The van der Waals surface area contributed by atoms with E-state index in [0.717, 1.165) is 29.5 Å². The lowest BCUT2D eigenvalue weighted by Gasteiger charge is -2.29. The van der Waals surface area contributed by atoms with Crippen molar-refractivity contribution in [1.29, 1.82) is 0 Å². The van der Waals surface area contributed by atoms with Crippen LogP contribution in [0.5, 0.6) is 0 Å². The first kappa shape index (κ1) is 14.5. The van der Waals surface area contributed by atoms with Crippen molar-refractivity contribution in [2.75, 3.05) is 13.1 Å². The van der Waals surface area contributed by atoms with Gasteiger partial charge in [0.25, 0.3) is 0 Å². The minimum Gasteiger partial charge on any atom is -0.460 e. The summed E-state index contributed by atoms with van der Waals surface area (Å²) < 4.78 is 6.53. The molecule has 19 heavy (non-hydrogen) atoms. The number of esters is 1. The predicted molar refractivity (Wildman–Crippen MR) is 78.7 cm³/mol. The first-order chi connectivity index (χ1) is 9.04. The highest BCUT2D eigenvalue weighted by atomic mass is 79.9. The molecule has 0 aliphatic carbocycles. The first-order valence-electron chi connectivity index (χ1n) is 6.67. The molecular formula is C15H20BrNO2. The van der Waals surface area contributed by atoms with Crippen LogP contribution >= 0.6 is 15.9 Å². The van der Waals surface area contributed by atoms with E-state index in [0.29, 0.717) is 6.61 Å². The standard InChI is InChI=1S/C15H20BrNO2/c1-11(2)15(6-7-17-10-15)14(18)19-9-12-4-3-5-13(16)8-12/h3-5,8,11,17H,6-7,9-10H2,1-2H3. The lowest BCUT2D eigenvalue weighted by atomic mass is 9.76. The van der Waals surface area contributed by atoms with Crippen LogP contribution in [-0.4, -0.2) is 19.1 Å². The Morgan fingerprint density at radius 1 is 1.53 bits per heavy atom. The molecule has 1 aromatic rings. The van der Waals surface area contributed by atoms with Gasteiger partial charge in [0, 0.05) is 11.0 Å². The highest BCUT2D eigenvalue weighted by Gasteiger charge is 2.45. The molecule has 1 fully saturated rings. The number of rotatable bonds is 4. The Bertz CT molecular complexity index is 453. The number of carbonyl (C=O) groups excluding carboxylic acids is 1. The van der Waals surface area contributed by atoms with Crippen molar-refractivity contribution in [2.45, 2.75) is 26.9 Å². The second kappa shape index (κ2) is 6.06. The van der Waals surface area contributed by atoms with E-state index in [-0.39, 0.29) is 17.3 Å². The Morgan fingerprint density at radius 2 is 2.32 bits per heavy atom. The van der Waals surface area contributed by atoms with E-state index in [2.05, 4.69) is 35.1 Å². The molecule has 1 unspecified atom stereocenters. The molecule has 2 rings (SSSR count). The molecule has 4 heteroatoms. The van der Waals surface area contributed by atoms with Gasteiger partial charge in [0.15, 0.2) is 0 Å². The quantitative estimate of drug-likeness (QED) is 0.864. The molecule has 0 spiro atoms. The molecular weight excluding hydrogens is 306 g/mol. The lowest BCUT2D eigenvalue weighted by molar-refractivity contribution is -0.159. The van der Waals surface area contributed by atoms with Crippen LogP contribution in [0, 0.1) is 11.3 Å². The van der Waals surface area contributed by atoms with Crippen molar-refractivity contribution in [3.05, 3.63) is 34.3 Å². The van der Waals surface area contributed by atoms with E-state index < -0.39 is 0 Å². The van der Waals surface area contributed by atoms with E-state index in [1.807, 2.05) is 24.3 Å². The Morgan fingerprint density at radius 3 is 2.89 bits per heavy atom. The molecule has 0 aromatic heterocycles. The van der Waals surface area contributed by atoms with E-state index >= 15 is 0 Å². The van der Waals surface area contributed by atoms with Crippen LogP contribution in [0.2, 0.25) is 0 Å². The number of carbonyl (C=O) groups is 1. The molecule has 104 valence electrons. The summed E-state index contributed by atoms with van der Waals surface area (Å²) in [5.74, 6) is 0.213. The van der Waals surface area contributed by atoms with Crippen LogP contribution in [0.1, 0.15) is 25.8 Å². The fraction of sp³-hybridized carbons (Fsp3) is 0.533. The van der Waals surface area contributed by atoms with E-state index in [4.69, 9.17) is 4.74 Å². The van der Waals surface area contributed by atoms with Gasteiger partial charge in [0.05, 0.1) is 5.41 Å². The molecule has 1 heterocycles. The van der Waals surface area contributed by atoms with Gasteiger partial charge in [-0.1, -0.05) is 41.9 Å². The van der Waals surface area contributed by atoms with E-state index in [9.17, 15) is 4.79 Å². The average Bonchev–Trinajstić information content (AvgIpc) is 2.86. The number of hydrogen-bond donors (Lipinski definition) is 1. The summed E-state index contributed by atoms with van der Waals surface area (Å²) in [6, 6.07) is 7.85. The van der Waals surface area contributed by atoms with Crippen molar-refractivity contribution in [3.63, 3.8) is 0 Å². The number of ether oxygens (including phenoxy) is 1. The normalized spacial score (nSPS) is 22.7. The van der Waals surface area contributed by atoms with Gasteiger partial charge in [-0.2, -0.15) is 0 Å². The Hall–Kier alpha value is -0.870. The van der Waals surface area contributed by atoms with Crippen molar-refractivity contribution in [1.82, 2.24) is 5.32 Å². The molecule has 1 aliphatic heterocycles. The second-order valence-electron chi connectivity index (χ2n) is 5.44. The van der Waals surface area contributed by atoms with E-state index in [1.54, 1.807) is 0 Å². The maximum atomic E-state index is 12.4. The Balaban J connectivity index is 2.00. The number of nitrogens with one attached hydrogen (secondary N) is 1. The summed E-state index contributed by atoms with van der Waals surface area (Å²) in [6.45, 7) is 6.14. The van der Waals surface area contributed by atoms with Crippen LogP contribution in [0.3, 0.4) is 0 Å². The monoisotopic (exact) mass is 325 g/mol. The molecule has 1 N–H and O–H groups in total. The van der Waals surface area contributed by atoms with Crippen LogP contribution in [0.4, 0.5) is 0 Å². The van der Waals surface area contributed by atoms with E-state index in [1.165, 1.54) is 0 Å². The highest BCUT2D eigenvalue weighted by Crippen LogP contribution is 2.35. The van der Waals surface area contributed by atoms with Gasteiger partial charge in [-0.15, -0.1) is 0 Å². The number of halogens is 1. The summed E-state index contributed by atoms with van der Waals surface area (Å²) in [7, 11) is 0. The van der Waals surface area contributed by atoms with Crippen molar-refractivity contribution in [2.24, 2.45) is 11.3 Å². The molecule has 3 nitrogen and oxygen atoms in total. The van der Waals surface area contributed by atoms with Gasteiger partial charge in [-0.25, -0.2) is 0 Å². The maximum Gasteiger partial charge on any atom is 0.314 e. The summed E-state index contributed by atoms with van der Waals surface area (Å²) in [6.07, 6.45) is 0.863. The van der Waals surface area contributed by atoms with Gasteiger partial charge in [0.2, 0.25) is 0 Å². The van der Waals surface area contributed by atoms with Crippen LogP contribution < -0.4 is 5.32 Å². The van der Waals surface area contributed by atoms with Crippen LogP contribution in [0.15, 0.2) is 28.7 Å². The second-order valence-corrected chi connectivity index (χ2v) is 6.36. The molecule has 1 saturated heterocycles. The summed E-state index contributed by atoms with van der Waals surface area (Å²) in [5, 5.41) is 3.27. The average molecular weight is 326 g/mol. The lowest BCUT2D eigenvalue weighted by Crippen LogP contribution is -2.39. The Labute approximate surface area is 122 Å². The van der Waals surface area contributed by atoms with Crippen LogP contribution in [0.25, 0.3) is 0 Å². The summed E-state index contributed by atoms with van der Waals surface area (Å²) in [5.41, 5.74) is 0.652. The van der Waals surface area contributed by atoms with Gasteiger partial charge >= 0.3 is 5.97 Å². The zero-order valence-electron chi connectivity index (χ0n) is 11.4. The first-order valence-corrected chi connectivity index (χ1v) is 7.46. The SMILES string of the molecule is CC(C)C1(C(=O)OCc2cccc(Br)c2)CCNC1. The minimum absolute atomic E-state index is 0.0764. The molecule has 1 aromatic carbocycles.